The van der Waals surface area contributed by atoms with Gasteiger partial charge in [0, 0.05) is 11.9 Å². The third kappa shape index (κ3) is 6.14. The maximum atomic E-state index is 12.6. The van der Waals surface area contributed by atoms with Gasteiger partial charge in [0.25, 0.3) is 0 Å². The molecule has 2 heterocycles. The normalized spacial score (nSPS) is 10.8. The van der Waals surface area contributed by atoms with Gasteiger partial charge in [-0.3, -0.25) is 4.79 Å². The van der Waals surface area contributed by atoms with E-state index in [1.54, 1.807) is 6.92 Å². The van der Waals surface area contributed by atoms with Crippen LogP contribution in [0.3, 0.4) is 0 Å². The summed E-state index contributed by atoms with van der Waals surface area (Å²) in [7, 11) is 1.84. The van der Waals surface area contributed by atoms with Gasteiger partial charge in [0.2, 0.25) is 5.91 Å². The molecule has 2 aromatic heterocycles. The molecule has 3 rings (SSSR count). The molecule has 0 spiro atoms. The van der Waals surface area contributed by atoms with Gasteiger partial charge in [-0.25, -0.2) is 4.79 Å². The Hall–Kier alpha value is -2.85. The van der Waals surface area contributed by atoms with Crippen LogP contribution in [-0.4, -0.2) is 39.0 Å². The van der Waals surface area contributed by atoms with Crippen LogP contribution in [0.1, 0.15) is 44.7 Å². The van der Waals surface area contributed by atoms with Crippen LogP contribution in [0.5, 0.6) is 5.75 Å². The Kier molecular flexibility index (Phi) is 8.15. The summed E-state index contributed by atoms with van der Waals surface area (Å²) in [6.45, 7) is 10.1. The van der Waals surface area contributed by atoms with Crippen LogP contribution in [0.4, 0.5) is 5.00 Å². The van der Waals surface area contributed by atoms with Crippen molar-refractivity contribution in [2.75, 3.05) is 17.7 Å². The van der Waals surface area contributed by atoms with Crippen molar-refractivity contribution in [3.8, 4) is 5.75 Å². The molecule has 0 aliphatic rings. The second-order valence-electron chi connectivity index (χ2n) is 7.61. The van der Waals surface area contributed by atoms with E-state index in [2.05, 4.69) is 21.6 Å². The number of hydrogen-bond donors (Lipinski definition) is 1. The summed E-state index contributed by atoms with van der Waals surface area (Å²) in [5.74, 6) is 0.906. The van der Waals surface area contributed by atoms with E-state index >= 15 is 0 Å². The number of hydrogen-bond acceptors (Lipinski definition) is 8. The van der Waals surface area contributed by atoms with E-state index < -0.39 is 5.97 Å². The van der Waals surface area contributed by atoms with Crippen molar-refractivity contribution in [3.05, 3.63) is 51.2 Å². The molecule has 1 amide bonds. The number of nitrogens with one attached hydrogen (secondary N) is 1. The minimum atomic E-state index is -0.427. The van der Waals surface area contributed by atoms with Crippen LogP contribution in [0.2, 0.25) is 0 Å². The number of aryl methyl sites for hydroxylation is 3. The first-order chi connectivity index (χ1) is 15.7. The lowest BCUT2D eigenvalue weighted by atomic mass is 10.1. The maximum absolute atomic E-state index is 12.6. The molecule has 3 aromatic rings. The Labute approximate surface area is 201 Å². The Morgan fingerprint density at radius 2 is 1.82 bits per heavy atom. The third-order valence-corrected chi connectivity index (χ3v) is 7.08. The number of amides is 1. The van der Waals surface area contributed by atoms with Crippen molar-refractivity contribution in [2.45, 2.75) is 46.4 Å². The van der Waals surface area contributed by atoms with Crippen LogP contribution >= 0.6 is 23.1 Å². The van der Waals surface area contributed by atoms with Crippen LogP contribution in [0.15, 0.2) is 23.4 Å². The van der Waals surface area contributed by atoms with Gasteiger partial charge < -0.3 is 19.4 Å². The number of esters is 1. The van der Waals surface area contributed by atoms with Crippen molar-refractivity contribution < 1.29 is 19.1 Å². The maximum Gasteiger partial charge on any atom is 0.341 e. The van der Waals surface area contributed by atoms with E-state index in [0.717, 1.165) is 27.3 Å². The molecule has 0 aliphatic heterocycles. The van der Waals surface area contributed by atoms with Crippen LogP contribution in [0.25, 0.3) is 0 Å². The average Bonchev–Trinajstić information content (AvgIpc) is 3.23. The van der Waals surface area contributed by atoms with Gasteiger partial charge in [-0.2, -0.15) is 0 Å². The number of thioether (sulfide) groups is 1. The van der Waals surface area contributed by atoms with Crippen molar-refractivity contribution >= 4 is 40.0 Å². The molecule has 33 heavy (non-hydrogen) atoms. The highest BCUT2D eigenvalue weighted by atomic mass is 32.2. The monoisotopic (exact) mass is 488 g/mol. The van der Waals surface area contributed by atoms with Gasteiger partial charge in [-0.15, -0.1) is 21.5 Å². The zero-order valence-corrected chi connectivity index (χ0v) is 21.3. The molecule has 0 radical (unpaired) electrons. The number of carbonyl (C=O) groups excluding carboxylic acids is 2. The summed E-state index contributed by atoms with van der Waals surface area (Å²) in [5, 5.41) is 12.3. The quantitative estimate of drug-likeness (QED) is 0.347. The van der Waals surface area contributed by atoms with Gasteiger partial charge in [-0.1, -0.05) is 17.8 Å². The molecule has 1 aromatic carbocycles. The van der Waals surface area contributed by atoms with E-state index in [1.807, 2.05) is 51.4 Å². The van der Waals surface area contributed by atoms with E-state index in [1.165, 1.54) is 23.1 Å². The number of thiophene rings is 1. The fourth-order valence-electron chi connectivity index (χ4n) is 3.22. The lowest BCUT2D eigenvalue weighted by Gasteiger charge is -2.09. The largest absolute Gasteiger partial charge is 0.486 e. The lowest BCUT2D eigenvalue weighted by molar-refractivity contribution is -0.113. The van der Waals surface area contributed by atoms with Gasteiger partial charge >= 0.3 is 5.97 Å². The first kappa shape index (κ1) is 24.8. The van der Waals surface area contributed by atoms with E-state index in [9.17, 15) is 9.59 Å². The number of rotatable bonds is 9. The average molecular weight is 489 g/mol. The SMILES string of the molecule is CCOC(=O)c1c(NC(=O)CSc2nnc(COc3cc(C)cc(C)c3)n2C)sc(C)c1C. The standard InChI is InChI=1S/C23H28N4O4S2/c1-7-30-22(29)20-15(4)16(5)33-21(20)24-19(28)12-32-23-26-25-18(27(23)6)11-31-17-9-13(2)8-14(3)10-17/h8-10H,7,11-12H2,1-6H3,(H,24,28). The Morgan fingerprint density at radius 1 is 1.12 bits per heavy atom. The van der Waals surface area contributed by atoms with Gasteiger partial charge in [0.15, 0.2) is 11.0 Å². The Morgan fingerprint density at radius 3 is 2.48 bits per heavy atom. The van der Waals surface area contributed by atoms with Crippen molar-refractivity contribution in [1.29, 1.82) is 0 Å². The minimum Gasteiger partial charge on any atom is -0.486 e. The molecule has 0 unspecified atom stereocenters. The fourth-order valence-corrected chi connectivity index (χ4v) is 5.01. The lowest BCUT2D eigenvalue weighted by Crippen LogP contribution is -2.16. The van der Waals surface area contributed by atoms with E-state index in [0.29, 0.717) is 21.5 Å². The topological polar surface area (TPSA) is 95.3 Å². The van der Waals surface area contributed by atoms with Crippen LogP contribution < -0.4 is 10.1 Å². The zero-order chi connectivity index (χ0) is 24.1. The fraction of sp³-hybridized carbons (Fsp3) is 0.391. The highest BCUT2D eigenvalue weighted by Gasteiger charge is 2.22. The summed E-state index contributed by atoms with van der Waals surface area (Å²) < 4.78 is 12.8. The molecule has 0 bridgehead atoms. The summed E-state index contributed by atoms with van der Waals surface area (Å²) in [5.41, 5.74) is 3.50. The Bertz CT molecular complexity index is 1150. The number of benzene rings is 1. The molecule has 176 valence electrons. The molecule has 1 N–H and O–H groups in total. The molecule has 0 saturated carbocycles. The Balaban J connectivity index is 1.60. The number of nitrogens with zero attached hydrogens (tertiary/aromatic N) is 3. The van der Waals surface area contributed by atoms with Crippen LogP contribution in [-0.2, 0) is 23.2 Å². The number of ether oxygens (including phenoxy) is 2. The molecule has 0 aliphatic carbocycles. The minimum absolute atomic E-state index is 0.127. The third-order valence-electron chi connectivity index (χ3n) is 4.94. The highest BCUT2D eigenvalue weighted by molar-refractivity contribution is 7.99. The van der Waals surface area contributed by atoms with Crippen molar-refractivity contribution in [1.82, 2.24) is 14.8 Å². The molecular weight excluding hydrogens is 460 g/mol. The van der Waals surface area contributed by atoms with Gasteiger partial charge in [0.1, 0.15) is 17.4 Å². The van der Waals surface area contributed by atoms with Crippen LogP contribution in [0, 0.1) is 27.7 Å². The number of anilines is 1. The summed E-state index contributed by atoms with van der Waals surface area (Å²) in [6, 6.07) is 6.04. The second kappa shape index (κ2) is 10.8. The van der Waals surface area contributed by atoms with E-state index in [4.69, 9.17) is 9.47 Å². The van der Waals surface area contributed by atoms with Crippen molar-refractivity contribution in [2.24, 2.45) is 7.05 Å². The highest BCUT2D eigenvalue weighted by Crippen LogP contribution is 2.33. The molecule has 0 fully saturated rings. The second-order valence-corrected chi connectivity index (χ2v) is 9.78. The van der Waals surface area contributed by atoms with Crippen molar-refractivity contribution in [3.63, 3.8) is 0 Å². The summed E-state index contributed by atoms with van der Waals surface area (Å²) in [4.78, 5) is 25.8. The number of aromatic nitrogens is 3. The zero-order valence-electron chi connectivity index (χ0n) is 19.6. The molecule has 0 atom stereocenters. The first-order valence-corrected chi connectivity index (χ1v) is 12.3. The molecular formula is C23H28N4O4S2. The van der Waals surface area contributed by atoms with Gasteiger partial charge in [0.05, 0.1) is 17.9 Å². The predicted octanol–water partition coefficient (Wildman–Crippen LogP) is 4.60. The summed E-state index contributed by atoms with van der Waals surface area (Å²) >= 11 is 2.63. The molecule has 10 heteroatoms. The van der Waals surface area contributed by atoms with E-state index in [-0.39, 0.29) is 24.9 Å². The first-order valence-electron chi connectivity index (χ1n) is 10.5. The van der Waals surface area contributed by atoms with Gasteiger partial charge in [-0.05, 0) is 63.4 Å². The number of carbonyl (C=O) groups is 2. The predicted molar refractivity (Wildman–Crippen MR) is 130 cm³/mol. The molecule has 8 nitrogen and oxygen atoms in total. The molecule has 0 saturated heterocycles. The smallest absolute Gasteiger partial charge is 0.341 e. The summed E-state index contributed by atoms with van der Waals surface area (Å²) in [6.07, 6.45) is 0.